The van der Waals surface area contributed by atoms with Gasteiger partial charge in [0, 0.05) is 25.7 Å². The van der Waals surface area contributed by atoms with Crippen molar-refractivity contribution in [1.82, 2.24) is 0 Å². The van der Waals surface area contributed by atoms with Crippen LogP contribution in [0.2, 0.25) is 0 Å². The lowest BCUT2D eigenvalue weighted by Gasteiger charge is -2.21. The van der Waals surface area contributed by atoms with E-state index in [2.05, 4.69) is 27.7 Å². The molecule has 0 heterocycles. The summed E-state index contributed by atoms with van der Waals surface area (Å²) in [6, 6.07) is 0. The largest absolute Gasteiger partial charge is 0.472 e. The number of phosphoric ester groups is 2. The van der Waals surface area contributed by atoms with Crippen LogP contribution < -0.4 is 0 Å². The minimum atomic E-state index is -4.95. The highest BCUT2D eigenvalue weighted by Gasteiger charge is 2.30. The van der Waals surface area contributed by atoms with E-state index in [-0.39, 0.29) is 25.7 Å². The van der Waals surface area contributed by atoms with E-state index < -0.39 is 97.5 Å². The molecule has 0 bridgehead atoms. The van der Waals surface area contributed by atoms with E-state index in [9.17, 15) is 43.2 Å². The van der Waals surface area contributed by atoms with E-state index in [1.807, 2.05) is 0 Å². The molecule has 0 radical (unpaired) electrons. The monoisotopic (exact) mass is 1380 g/mol. The van der Waals surface area contributed by atoms with Crippen molar-refractivity contribution >= 4 is 39.5 Å². The third kappa shape index (κ3) is 68.6. The van der Waals surface area contributed by atoms with E-state index in [0.29, 0.717) is 25.7 Å². The van der Waals surface area contributed by atoms with Crippen LogP contribution >= 0.6 is 15.6 Å². The Bertz CT molecular complexity index is 1790. The summed E-state index contributed by atoms with van der Waals surface area (Å²) >= 11 is 0. The molecule has 0 spiro atoms. The summed E-state index contributed by atoms with van der Waals surface area (Å²) in [7, 11) is -9.90. The van der Waals surface area contributed by atoms with Crippen LogP contribution in [0.5, 0.6) is 0 Å². The predicted octanol–water partition coefficient (Wildman–Crippen LogP) is 22.2. The number of hydrogen-bond acceptors (Lipinski definition) is 15. The third-order valence-electron chi connectivity index (χ3n) is 17.6. The van der Waals surface area contributed by atoms with E-state index in [1.54, 1.807) is 0 Å². The zero-order valence-electron chi connectivity index (χ0n) is 60.9. The van der Waals surface area contributed by atoms with Gasteiger partial charge in [-0.05, 0) is 25.7 Å². The lowest BCUT2D eigenvalue weighted by atomic mass is 10.0. The highest BCUT2D eigenvalue weighted by atomic mass is 31.2. The highest BCUT2D eigenvalue weighted by Crippen LogP contribution is 2.45. The number of rotatable bonds is 76. The smallest absolute Gasteiger partial charge is 0.462 e. The molecule has 0 aliphatic rings. The third-order valence-corrected chi connectivity index (χ3v) is 19.5. The van der Waals surface area contributed by atoms with Crippen molar-refractivity contribution in [2.45, 2.75) is 418 Å². The van der Waals surface area contributed by atoms with Gasteiger partial charge in [-0.2, -0.15) is 0 Å². The van der Waals surface area contributed by atoms with Gasteiger partial charge in [0.25, 0.3) is 0 Å². The molecule has 0 fully saturated rings. The Morgan fingerprint density at radius 3 is 0.628 bits per heavy atom. The zero-order valence-corrected chi connectivity index (χ0v) is 62.7. The van der Waals surface area contributed by atoms with Crippen LogP contribution in [-0.4, -0.2) is 96.7 Å². The van der Waals surface area contributed by atoms with Crippen molar-refractivity contribution in [3.8, 4) is 0 Å². The second-order valence-electron chi connectivity index (χ2n) is 27.0. The van der Waals surface area contributed by atoms with Crippen molar-refractivity contribution in [1.29, 1.82) is 0 Å². The summed E-state index contributed by atoms with van der Waals surface area (Å²) in [6.07, 6.45) is 59.7. The van der Waals surface area contributed by atoms with Gasteiger partial charge < -0.3 is 33.8 Å². The Morgan fingerprint density at radius 2 is 0.426 bits per heavy atom. The number of unbranched alkanes of at least 4 members (excludes halogenated alkanes) is 50. The molecule has 94 heavy (non-hydrogen) atoms. The minimum absolute atomic E-state index is 0.108. The number of carbonyl (C=O) groups is 4. The molecule has 17 nitrogen and oxygen atoms in total. The first-order valence-electron chi connectivity index (χ1n) is 39.3. The molecule has 0 aromatic carbocycles. The lowest BCUT2D eigenvalue weighted by Crippen LogP contribution is -2.30. The van der Waals surface area contributed by atoms with E-state index >= 15 is 0 Å². The molecular weight excluding hydrogens is 1230 g/mol. The van der Waals surface area contributed by atoms with Gasteiger partial charge in [0.2, 0.25) is 0 Å². The number of carbonyl (C=O) groups excluding carboxylic acids is 4. The quantitative estimate of drug-likeness (QED) is 0.0222. The van der Waals surface area contributed by atoms with Crippen molar-refractivity contribution in [3.05, 3.63) is 0 Å². The zero-order chi connectivity index (χ0) is 69.0. The maximum atomic E-state index is 13.1. The van der Waals surface area contributed by atoms with Crippen LogP contribution in [0.15, 0.2) is 0 Å². The van der Waals surface area contributed by atoms with Crippen LogP contribution in [-0.2, 0) is 65.4 Å². The Balaban J connectivity index is 5.14. The molecule has 0 saturated carbocycles. The Hall–Kier alpha value is -1.94. The Morgan fingerprint density at radius 1 is 0.255 bits per heavy atom. The average molecular weight is 1380 g/mol. The predicted molar refractivity (Wildman–Crippen MR) is 382 cm³/mol. The van der Waals surface area contributed by atoms with Crippen LogP contribution in [0, 0.1) is 0 Å². The van der Waals surface area contributed by atoms with Crippen LogP contribution in [0.25, 0.3) is 0 Å². The maximum absolute atomic E-state index is 13.1. The van der Waals surface area contributed by atoms with Gasteiger partial charge in [-0.3, -0.25) is 37.3 Å². The molecule has 2 unspecified atom stereocenters. The molecule has 0 aliphatic heterocycles. The molecule has 558 valence electrons. The molecule has 3 N–H and O–H groups in total. The number of aliphatic hydroxyl groups excluding tert-OH is 1. The van der Waals surface area contributed by atoms with Gasteiger partial charge in [-0.25, -0.2) is 9.13 Å². The molecule has 0 saturated heterocycles. The van der Waals surface area contributed by atoms with E-state index in [1.165, 1.54) is 231 Å². The van der Waals surface area contributed by atoms with Gasteiger partial charge in [-0.1, -0.05) is 349 Å². The Labute approximate surface area is 575 Å². The van der Waals surface area contributed by atoms with Crippen molar-refractivity contribution < 1.29 is 80.2 Å². The van der Waals surface area contributed by atoms with Gasteiger partial charge in [-0.15, -0.1) is 0 Å². The SMILES string of the molecule is CCCCCCCCCCCCCCCCCCCCCCCCC(=O)O[C@H](COC(=O)CCCCCCCCCCCCC)COP(=O)(O)OC[C@@H](O)COP(=O)(O)OC[C@@H](COC(=O)CCCCCCCCCCCC)OC(=O)CCCCCCCCCCCCC. The molecule has 5 atom stereocenters. The summed E-state index contributed by atoms with van der Waals surface area (Å²) in [4.78, 5) is 72.6. The summed E-state index contributed by atoms with van der Waals surface area (Å²) in [5.74, 6) is -2.12. The maximum Gasteiger partial charge on any atom is 0.472 e. The lowest BCUT2D eigenvalue weighted by molar-refractivity contribution is -0.161. The average Bonchev–Trinajstić information content (AvgIpc) is 1.84. The van der Waals surface area contributed by atoms with Crippen LogP contribution in [0.3, 0.4) is 0 Å². The van der Waals surface area contributed by atoms with E-state index in [0.717, 1.165) is 89.9 Å². The standard InChI is InChI=1S/C75H146O17P2/c1-5-9-13-17-21-25-29-30-31-32-33-34-35-36-37-38-39-42-46-50-54-58-62-75(80)92-71(66-86-73(78)60-56-52-48-44-40-26-22-18-14-10-6-2)68-90-94(83,84)88-64-69(76)63-87-93(81,82)89-67-70(65-85-72(77)59-55-51-47-43-28-24-20-16-12-8-4)91-74(79)61-57-53-49-45-41-27-23-19-15-11-7-3/h69-71,76H,5-68H2,1-4H3,(H,81,82)(H,83,84)/t69-,70+,71+/m0/s1. The van der Waals surface area contributed by atoms with Crippen molar-refractivity contribution in [3.63, 3.8) is 0 Å². The topological polar surface area (TPSA) is 237 Å². The summed E-state index contributed by atoms with van der Waals surface area (Å²) < 4.78 is 68.4. The van der Waals surface area contributed by atoms with Crippen LogP contribution in [0.4, 0.5) is 0 Å². The number of aliphatic hydroxyl groups is 1. The second-order valence-corrected chi connectivity index (χ2v) is 29.9. The molecular formula is C75H146O17P2. The van der Waals surface area contributed by atoms with Gasteiger partial charge in [0.1, 0.15) is 19.3 Å². The summed E-state index contributed by atoms with van der Waals surface area (Å²) in [6.45, 7) is 4.96. The van der Waals surface area contributed by atoms with Gasteiger partial charge in [0.15, 0.2) is 12.2 Å². The fourth-order valence-corrected chi connectivity index (χ4v) is 13.2. The number of phosphoric acid groups is 2. The van der Waals surface area contributed by atoms with E-state index in [4.69, 9.17) is 37.0 Å². The van der Waals surface area contributed by atoms with Gasteiger partial charge >= 0.3 is 39.5 Å². The first kappa shape index (κ1) is 92.1. The number of hydrogen-bond donors (Lipinski definition) is 3. The molecule has 0 aromatic heterocycles. The highest BCUT2D eigenvalue weighted by molar-refractivity contribution is 7.47. The molecule has 0 aliphatic carbocycles. The normalized spacial score (nSPS) is 13.9. The molecule has 19 heteroatoms. The van der Waals surface area contributed by atoms with Crippen LogP contribution in [0.1, 0.15) is 400 Å². The number of ether oxygens (including phenoxy) is 4. The summed E-state index contributed by atoms with van der Waals surface area (Å²) in [5, 5.41) is 10.6. The fourth-order valence-electron chi connectivity index (χ4n) is 11.6. The van der Waals surface area contributed by atoms with Crippen molar-refractivity contribution in [2.24, 2.45) is 0 Å². The Kier molecular flexibility index (Phi) is 68.1. The van der Waals surface area contributed by atoms with Gasteiger partial charge in [0.05, 0.1) is 26.4 Å². The molecule has 0 amide bonds. The first-order chi connectivity index (χ1) is 45.7. The second kappa shape index (κ2) is 69.5. The minimum Gasteiger partial charge on any atom is -0.462 e. The summed E-state index contributed by atoms with van der Waals surface area (Å²) in [5.41, 5.74) is 0. The molecule has 0 aromatic rings. The fraction of sp³-hybridized carbons (Fsp3) is 0.947. The van der Waals surface area contributed by atoms with Crippen molar-refractivity contribution in [2.75, 3.05) is 39.6 Å². The molecule has 0 rings (SSSR count). The number of esters is 4. The first-order valence-corrected chi connectivity index (χ1v) is 42.3.